The minimum Gasteiger partial charge on any atom is -0.497 e. The van der Waals surface area contributed by atoms with Crippen molar-refractivity contribution in [3.63, 3.8) is 0 Å². The van der Waals surface area contributed by atoms with Gasteiger partial charge in [-0.25, -0.2) is 0 Å². The van der Waals surface area contributed by atoms with Crippen molar-refractivity contribution in [2.45, 2.75) is 18.0 Å². The van der Waals surface area contributed by atoms with Crippen molar-refractivity contribution < 1.29 is 17.9 Å². The second-order valence-electron chi connectivity index (χ2n) is 4.64. The molecule has 1 atom stereocenters. The van der Waals surface area contributed by atoms with Gasteiger partial charge in [0.2, 0.25) is 0 Å². The van der Waals surface area contributed by atoms with Crippen LogP contribution in [0.25, 0.3) is 0 Å². The minimum absolute atomic E-state index is 0.298. The molecule has 0 amide bonds. The lowest BCUT2D eigenvalue weighted by atomic mass is 10.0. The summed E-state index contributed by atoms with van der Waals surface area (Å²) in [5.41, 5.74) is 1.01. The van der Waals surface area contributed by atoms with Crippen LogP contribution in [0.2, 0.25) is 0 Å². The lowest BCUT2D eigenvalue weighted by molar-refractivity contribution is -0.137. The summed E-state index contributed by atoms with van der Waals surface area (Å²) in [6.07, 6.45) is -3.85. The summed E-state index contributed by atoms with van der Waals surface area (Å²) in [5.74, 6) is 0.733. The van der Waals surface area contributed by atoms with E-state index in [0.29, 0.717) is 6.42 Å². The number of hydrogen-bond donors (Lipinski definition) is 0. The van der Waals surface area contributed by atoms with Crippen molar-refractivity contribution in [3.8, 4) is 5.75 Å². The van der Waals surface area contributed by atoms with E-state index in [9.17, 15) is 13.2 Å². The van der Waals surface area contributed by atoms with Crippen molar-refractivity contribution in [1.82, 2.24) is 0 Å². The van der Waals surface area contributed by atoms with Gasteiger partial charge in [0, 0.05) is 0 Å². The van der Waals surface area contributed by atoms with Crippen LogP contribution in [-0.2, 0) is 12.6 Å². The molecule has 0 bridgehead atoms. The monoisotopic (exact) mass is 314 g/mol. The normalized spacial score (nSPS) is 13.0. The van der Waals surface area contributed by atoms with Gasteiger partial charge in [-0.2, -0.15) is 13.2 Å². The minimum atomic E-state index is -4.31. The van der Waals surface area contributed by atoms with Crippen LogP contribution >= 0.6 is 11.6 Å². The molecule has 0 spiro atoms. The van der Waals surface area contributed by atoms with Gasteiger partial charge in [-0.05, 0) is 41.8 Å². The number of benzene rings is 2. The maximum absolute atomic E-state index is 12.5. The molecule has 0 heterocycles. The van der Waals surface area contributed by atoms with Crippen LogP contribution in [0.1, 0.15) is 22.1 Å². The predicted molar refractivity (Wildman–Crippen MR) is 76.7 cm³/mol. The van der Waals surface area contributed by atoms with Crippen LogP contribution in [0.3, 0.4) is 0 Å². The maximum Gasteiger partial charge on any atom is 0.416 e. The molecule has 0 saturated heterocycles. The SMILES string of the molecule is COc1ccc(C(Cl)Cc2ccc(C(F)(F)F)cc2)cc1. The zero-order valence-corrected chi connectivity index (χ0v) is 12.1. The Hall–Kier alpha value is -1.68. The number of alkyl halides is 4. The van der Waals surface area contributed by atoms with Gasteiger partial charge in [-0.15, -0.1) is 11.6 Å². The molecule has 2 aromatic carbocycles. The van der Waals surface area contributed by atoms with E-state index in [0.717, 1.165) is 29.0 Å². The number of ether oxygens (including phenoxy) is 1. The zero-order chi connectivity index (χ0) is 15.5. The Labute approximate surface area is 126 Å². The molecule has 2 rings (SSSR count). The van der Waals surface area contributed by atoms with Crippen LogP contribution in [-0.4, -0.2) is 7.11 Å². The first-order valence-electron chi connectivity index (χ1n) is 6.34. The van der Waals surface area contributed by atoms with Crippen LogP contribution in [0, 0.1) is 0 Å². The fraction of sp³-hybridized carbons (Fsp3) is 0.250. The van der Waals surface area contributed by atoms with Gasteiger partial charge in [0.25, 0.3) is 0 Å². The van der Waals surface area contributed by atoms with Crippen LogP contribution in [0.15, 0.2) is 48.5 Å². The van der Waals surface area contributed by atoms with Crippen molar-refractivity contribution in [2.24, 2.45) is 0 Å². The molecule has 1 unspecified atom stereocenters. The fourth-order valence-electron chi connectivity index (χ4n) is 1.97. The Morgan fingerprint density at radius 1 is 1.00 bits per heavy atom. The van der Waals surface area contributed by atoms with Crippen molar-refractivity contribution in [3.05, 3.63) is 65.2 Å². The summed E-state index contributed by atoms with van der Waals surface area (Å²) in [4.78, 5) is 0. The molecule has 0 fully saturated rings. The summed E-state index contributed by atoms with van der Waals surface area (Å²) < 4.78 is 42.5. The number of hydrogen-bond acceptors (Lipinski definition) is 1. The van der Waals surface area contributed by atoms with Gasteiger partial charge in [-0.1, -0.05) is 24.3 Å². The highest BCUT2D eigenvalue weighted by atomic mass is 35.5. The highest BCUT2D eigenvalue weighted by molar-refractivity contribution is 6.20. The Balaban J connectivity index is 2.06. The lowest BCUT2D eigenvalue weighted by Crippen LogP contribution is -2.05. The quantitative estimate of drug-likeness (QED) is 0.702. The number of methoxy groups -OCH3 is 1. The molecule has 0 aliphatic heterocycles. The Morgan fingerprint density at radius 3 is 2.05 bits per heavy atom. The van der Waals surface area contributed by atoms with E-state index in [1.807, 2.05) is 12.1 Å². The van der Waals surface area contributed by atoms with E-state index >= 15 is 0 Å². The Kier molecular flexibility index (Phi) is 4.78. The van der Waals surface area contributed by atoms with Gasteiger partial charge in [0.1, 0.15) is 5.75 Å². The number of rotatable bonds is 4. The van der Waals surface area contributed by atoms with Gasteiger partial charge in [-0.3, -0.25) is 0 Å². The summed E-state index contributed by atoms with van der Waals surface area (Å²) in [6.45, 7) is 0. The average molecular weight is 315 g/mol. The zero-order valence-electron chi connectivity index (χ0n) is 11.3. The van der Waals surface area contributed by atoms with E-state index < -0.39 is 11.7 Å². The molecule has 0 aliphatic carbocycles. The third-order valence-electron chi connectivity index (χ3n) is 3.17. The van der Waals surface area contributed by atoms with E-state index in [1.54, 1.807) is 19.2 Å². The molecule has 0 aliphatic rings. The van der Waals surface area contributed by atoms with Gasteiger partial charge in [0.15, 0.2) is 0 Å². The second kappa shape index (κ2) is 6.39. The molecule has 0 aromatic heterocycles. The van der Waals surface area contributed by atoms with Crippen molar-refractivity contribution >= 4 is 11.6 Å². The standard InChI is InChI=1S/C16H14ClF3O/c1-21-14-8-4-12(5-9-14)15(17)10-11-2-6-13(7-3-11)16(18,19)20/h2-9,15H,10H2,1H3. The van der Waals surface area contributed by atoms with E-state index in [2.05, 4.69) is 0 Å². The summed E-state index contributed by atoms with van der Waals surface area (Å²) in [6, 6.07) is 12.4. The smallest absolute Gasteiger partial charge is 0.416 e. The van der Waals surface area contributed by atoms with Gasteiger partial charge < -0.3 is 4.74 Å². The largest absolute Gasteiger partial charge is 0.497 e. The van der Waals surface area contributed by atoms with E-state index in [-0.39, 0.29) is 5.38 Å². The third kappa shape index (κ3) is 4.14. The Morgan fingerprint density at radius 2 is 1.57 bits per heavy atom. The summed E-state index contributed by atoms with van der Waals surface area (Å²) in [5, 5.41) is -0.298. The molecular formula is C16H14ClF3O. The first-order chi connectivity index (χ1) is 9.90. The first-order valence-corrected chi connectivity index (χ1v) is 6.78. The highest BCUT2D eigenvalue weighted by Crippen LogP contribution is 2.31. The van der Waals surface area contributed by atoms with Crippen LogP contribution < -0.4 is 4.74 Å². The first kappa shape index (κ1) is 15.7. The molecule has 1 nitrogen and oxygen atoms in total. The summed E-state index contributed by atoms with van der Waals surface area (Å²) >= 11 is 6.30. The molecule has 0 radical (unpaired) electrons. The van der Waals surface area contributed by atoms with E-state index in [1.165, 1.54) is 12.1 Å². The molecule has 0 saturated carbocycles. The Bertz CT molecular complexity index is 576. The lowest BCUT2D eigenvalue weighted by Gasteiger charge is -2.12. The third-order valence-corrected chi connectivity index (χ3v) is 3.58. The second-order valence-corrected chi connectivity index (χ2v) is 5.17. The van der Waals surface area contributed by atoms with Crippen LogP contribution in [0.4, 0.5) is 13.2 Å². The molecule has 5 heteroatoms. The molecule has 21 heavy (non-hydrogen) atoms. The molecule has 0 N–H and O–H groups in total. The summed E-state index contributed by atoms with van der Waals surface area (Å²) in [7, 11) is 1.58. The van der Waals surface area contributed by atoms with Crippen LogP contribution in [0.5, 0.6) is 5.75 Å². The predicted octanol–water partition coefficient (Wildman–Crippen LogP) is 5.24. The van der Waals surface area contributed by atoms with Crippen molar-refractivity contribution in [2.75, 3.05) is 7.11 Å². The molecule has 112 valence electrons. The molecular weight excluding hydrogens is 301 g/mol. The topological polar surface area (TPSA) is 9.23 Å². The fourth-order valence-corrected chi connectivity index (χ4v) is 2.29. The maximum atomic E-state index is 12.5. The highest BCUT2D eigenvalue weighted by Gasteiger charge is 2.29. The van der Waals surface area contributed by atoms with Crippen molar-refractivity contribution in [1.29, 1.82) is 0 Å². The van der Waals surface area contributed by atoms with E-state index in [4.69, 9.17) is 16.3 Å². The van der Waals surface area contributed by atoms with Gasteiger partial charge >= 0.3 is 6.18 Å². The number of halogens is 4. The average Bonchev–Trinajstić information content (AvgIpc) is 2.47. The van der Waals surface area contributed by atoms with Gasteiger partial charge in [0.05, 0.1) is 18.1 Å². The molecule has 2 aromatic rings.